The molecule has 0 bridgehead atoms. The van der Waals surface area contributed by atoms with Crippen LogP contribution >= 0.6 is 0 Å². The van der Waals surface area contributed by atoms with Crippen molar-refractivity contribution in [2.24, 2.45) is 0 Å². The van der Waals surface area contributed by atoms with E-state index >= 15 is 0 Å². The summed E-state index contributed by atoms with van der Waals surface area (Å²) in [5.74, 6) is 1.48. The van der Waals surface area contributed by atoms with Crippen LogP contribution in [-0.4, -0.2) is 26.1 Å². The molecule has 0 fully saturated rings. The summed E-state index contributed by atoms with van der Waals surface area (Å²) in [6.45, 7) is 0.912. The molecule has 1 aliphatic rings. The minimum Gasteiger partial charge on any atom is -0.493 e. The molecule has 3 heteroatoms. The van der Waals surface area contributed by atoms with Gasteiger partial charge in [0.1, 0.15) is 12.4 Å². The Labute approximate surface area is 95.4 Å². The largest absolute Gasteiger partial charge is 0.493 e. The minimum absolute atomic E-state index is 0.159. The van der Waals surface area contributed by atoms with Crippen LogP contribution in [0.15, 0.2) is 24.3 Å². The van der Waals surface area contributed by atoms with E-state index in [0.717, 1.165) is 12.2 Å². The monoisotopic (exact) mass is 220 g/mol. The molecule has 2 rings (SSSR count). The van der Waals surface area contributed by atoms with Crippen molar-refractivity contribution < 1.29 is 14.3 Å². The van der Waals surface area contributed by atoms with E-state index in [1.807, 2.05) is 18.2 Å². The van der Waals surface area contributed by atoms with Crippen molar-refractivity contribution in [1.29, 1.82) is 0 Å². The van der Waals surface area contributed by atoms with Crippen LogP contribution in [0.5, 0.6) is 5.75 Å². The number of hydrogen-bond acceptors (Lipinski definition) is 3. The number of para-hydroxylation sites is 1. The summed E-state index contributed by atoms with van der Waals surface area (Å²) in [4.78, 5) is 11.3. The standard InChI is InChI=1S/C13H16O3/c1-15-9-11(14)7-6-10-8-16-13-5-3-2-4-12(10)13/h2-5,10H,6-9H2,1H3. The first kappa shape index (κ1) is 11.1. The second kappa shape index (κ2) is 5.12. The van der Waals surface area contributed by atoms with Crippen molar-refractivity contribution in [2.75, 3.05) is 20.3 Å². The molecule has 0 saturated carbocycles. The smallest absolute Gasteiger partial charge is 0.158 e. The zero-order chi connectivity index (χ0) is 11.4. The van der Waals surface area contributed by atoms with Crippen molar-refractivity contribution >= 4 is 5.78 Å². The van der Waals surface area contributed by atoms with Gasteiger partial charge in [-0.3, -0.25) is 4.79 Å². The molecular formula is C13H16O3. The summed E-state index contributed by atoms with van der Waals surface area (Å²) in [6.07, 6.45) is 1.41. The number of carbonyl (C=O) groups is 1. The molecule has 16 heavy (non-hydrogen) atoms. The van der Waals surface area contributed by atoms with Crippen LogP contribution in [0.25, 0.3) is 0 Å². The quantitative estimate of drug-likeness (QED) is 0.762. The molecule has 0 saturated heterocycles. The number of carbonyl (C=O) groups excluding carboxylic acids is 1. The Bertz CT molecular complexity index is 373. The zero-order valence-electron chi connectivity index (χ0n) is 9.44. The molecule has 0 radical (unpaired) electrons. The van der Waals surface area contributed by atoms with Crippen LogP contribution in [-0.2, 0) is 9.53 Å². The molecule has 0 spiro atoms. The lowest BCUT2D eigenvalue weighted by atomic mass is 9.95. The van der Waals surface area contributed by atoms with Crippen molar-refractivity contribution in [3.63, 3.8) is 0 Å². The van der Waals surface area contributed by atoms with Gasteiger partial charge in [-0.1, -0.05) is 18.2 Å². The summed E-state index contributed by atoms with van der Waals surface area (Å²) < 4.78 is 10.4. The van der Waals surface area contributed by atoms with E-state index in [1.165, 1.54) is 5.56 Å². The molecule has 1 aliphatic heterocycles. The second-order valence-corrected chi connectivity index (χ2v) is 4.06. The van der Waals surface area contributed by atoms with E-state index in [2.05, 4.69) is 6.07 Å². The Hall–Kier alpha value is -1.35. The van der Waals surface area contributed by atoms with Gasteiger partial charge < -0.3 is 9.47 Å². The van der Waals surface area contributed by atoms with E-state index < -0.39 is 0 Å². The highest BCUT2D eigenvalue weighted by molar-refractivity contribution is 5.79. The second-order valence-electron chi connectivity index (χ2n) is 4.06. The fraction of sp³-hybridized carbons (Fsp3) is 0.462. The third-order valence-electron chi connectivity index (χ3n) is 2.88. The first-order chi connectivity index (χ1) is 7.81. The molecule has 0 aromatic heterocycles. The lowest BCUT2D eigenvalue weighted by Gasteiger charge is -2.07. The van der Waals surface area contributed by atoms with Gasteiger partial charge in [-0.15, -0.1) is 0 Å². The lowest BCUT2D eigenvalue weighted by molar-refractivity contribution is -0.122. The number of ketones is 1. The van der Waals surface area contributed by atoms with Crippen molar-refractivity contribution in [2.45, 2.75) is 18.8 Å². The molecule has 1 aromatic rings. The number of ether oxygens (including phenoxy) is 2. The fourth-order valence-corrected chi connectivity index (χ4v) is 2.04. The molecular weight excluding hydrogens is 204 g/mol. The first-order valence-corrected chi connectivity index (χ1v) is 5.53. The fourth-order valence-electron chi connectivity index (χ4n) is 2.04. The summed E-state index contributed by atoms with van der Waals surface area (Å²) in [5, 5.41) is 0. The van der Waals surface area contributed by atoms with Crippen LogP contribution in [0, 0.1) is 0 Å². The van der Waals surface area contributed by atoms with Gasteiger partial charge in [0, 0.05) is 25.0 Å². The van der Waals surface area contributed by atoms with Gasteiger partial charge in [-0.05, 0) is 12.5 Å². The van der Waals surface area contributed by atoms with E-state index in [0.29, 0.717) is 18.9 Å². The number of benzene rings is 1. The van der Waals surface area contributed by atoms with Crippen LogP contribution in [0.2, 0.25) is 0 Å². The van der Waals surface area contributed by atoms with E-state index in [-0.39, 0.29) is 12.4 Å². The Balaban J connectivity index is 1.91. The van der Waals surface area contributed by atoms with Gasteiger partial charge in [0.05, 0.1) is 6.61 Å². The molecule has 0 N–H and O–H groups in total. The maximum atomic E-state index is 11.3. The highest BCUT2D eigenvalue weighted by atomic mass is 16.5. The van der Waals surface area contributed by atoms with Crippen molar-refractivity contribution in [3.8, 4) is 5.75 Å². The molecule has 0 amide bonds. The maximum Gasteiger partial charge on any atom is 0.158 e. The summed E-state index contributed by atoms with van der Waals surface area (Å²) in [6, 6.07) is 8.04. The third kappa shape index (κ3) is 2.42. The number of hydrogen-bond donors (Lipinski definition) is 0. The van der Waals surface area contributed by atoms with E-state index in [1.54, 1.807) is 7.11 Å². The predicted molar refractivity (Wildman–Crippen MR) is 60.8 cm³/mol. The molecule has 86 valence electrons. The van der Waals surface area contributed by atoms with Gasteiger partial charge in [0.25, 0.3) is 0 Å². The van der Waals surface area contributed by atoms with Gasteiger partial charge in [0.15, 0.2) is 5.78 Å². The van der Waals surface area contributed by atoms with Crippen LogP contribution in [0.3, 0.4) is 0 Å². The Kier molecular flexibility index (Phi) is 3.57. The Morgan fingerprint density at radius 3 is 3.12 bits per heavy atom. The number of fused-ring (bicyclic) bond motifs is 1. The van der Waals surface area contributed by atoms with E-state index in [9.17, 15) is 4.79 Å². The molecule has 1 aromatic carbocycles. The third-order valence-corrected chi connectivity index (χ3v) is 2.88. The van der Waals surface area contributed by atoms with Gasteiger partial charge >= 0.3 is 0 Å². The summed E-state index contributed by atoms with van der Waals surface area (Å²) >= 11 is 0. The normalized spacial score (nSPS) is 17.9. The zero-order valence-corrected chi connectivity index (χ0v) is 9.44. The Morgan fingerprint density at radius 2 is 2.31 bits per heavy atom. The number of rotatable bonds is 5. The first-order valence-electron chi connectivity index (χ1n) is 5.53. The van der Waals surface area contributed by atoms with Crippen molar-refractivity contribution in [1.82, 2.24) is 0 Å². The van der Waals surface area contributed by atoms with Gasteiger partial charge in [-0.2, -0.15) is 0 Å². The van der Waals surface area contributed by atoms with Gasteiger partial charge in [0.2, 0.25) is 0 Å². The average molecular weight is 220 g/mol. The lowest BCUT2D eigenvalue weighted by Crippen LogP contribution is -2.09. The SMILES string of the molecule is COCC(=O)CCC1COc2ccccc21. The molecule has 1 atom stereocenters. The van der Waals surface area contributed by atoms with Crippen molar-refractivity contribution in [3.05, 3.63) is 29.8 Å². The van der Waals surface area contributed by atoms with Crippen LogP contribution < -0.4 is 4.74 Å². The highest BCUT2D eigenvalue weighted by Crippen LogP contribution is 2.35. The Morgan fingerprint density at radius 1 is 1.50 bits per heavy atom. The minimum atomic E-state index is 0.159. The summed E-state index contributed by atoms with van der Waals surface area (Å²) in [7, 11) is 1.55. The summed E-state index contributed by atoms with van der Waals surface area (Å²) in [5.41, 5.74) is 1.23. The number of methoxy groups -OCH3 is 1. The molecule has 1 unspecified atom stereocenters. The molecule has 3 nitrogen and oxygen atoms in total. The average Bonchev–Trinajstić information content (AvgIpc) is 2.70. The topological polar surface area (TPSA) is 35.5 Å². The molecule has 1 heterocycles. The predicted octanol–water partition coefficient (Wildman–Crippen LogP) is 2.16. The van der Waals surface area contributed by atoms with E-state index in [4.69, 9.17) is 9.47 Å². The highest BCUT2D eigenvalue weighted by Gasteiger charge is 2.23. The molecule has 0 aliphatic carbocycles. The maximum absolute atomic E-state index is 11.3. The number of Topliss-reactive ketones (excluding diaryl/α,β-unsaturated/α-hetero) is 1. The van der Waals surface area contributed by atoms with Crippen LogP contribution in [0.1, 0.15) is 24.3 Å². The van der Waals surface area contributed by atoms with Gasteiger partial charge in [-0.25, -0.2) is 0 Å². The van der Waals surface area contributed by atoms with Crippen LogP contribution in [0.4, 0.5) is 0 Å².